The van der Waals surface area contributed by atoms with Crippen LogP contribution in [0.1, 0.15) is 15.2 Å². The average Bonchev–Trinajstić information content (AvgIpc) is 2.50. The molecule has 0 aliphatic rings. The maximum atomic E-state index is 14.4. The smallest absolute Gasteiger partial charge is 0.200 e. The Kier molecular flexibility index (Phi) is 1.13. The molecule has 1 aromatic heterocycles. The summed E-state index contributed by atoms with van der Waals surface area (Å²) in [6.45, 7) is 1.43. The molecule has 76 valence electrons. The van der Waals surface area contributed by atoms with Gasteiger partial charge in [-0.15, -0.1) is 0 Å². The minimum Gasteiger partial charge on any atom is -0.200 e. The van der Waals surface area contributed by atoms with Gasteiger partial charge in [-0.05, 0) is 24.6 Å². The van der Waals surface area contributed by atoms with E-state index in [1.54, 1.807) is 0 Å². The number of benzene rings is 1. The van der Waals surface area contributed by atoms with Crippen LogP contribution in [-0.2, 0) is 7.05 Å². The number of nitrogens with zero attached hydrogens (tertiary/aromatic N) is 1. The fourth-order valence-electron chi connectivity index (χ4n) is 1.32. The molecule has 0 amide bonds. The van der Waals surface area contributed by atoms with Gasteiger partial charge < -0.3 is 0 Å². The first kappa shape index (κ1) is 4.44. The van der Waals surface area contributed by atoms with Gasteiger partial charge in [0.15, 0.2) is 12.0 Å². The molecule has 2 rings (SSSR count). The quantitative estimate of drug-likeness (QED) is 0.636. The molecule has 0 aliphatic carbocycles. The zero-order valence-electron chi connectivity index (χ0n) is 15.3. The van der Waals surface area contributed by atoms with Crippen molar-refractivity contribution < 1.29 is 18.6 Å². The zero-order valence-corrected chi connectivity index (χ0v) is 8.33. The van der Waals surface area contributed by atoms with Gasteiger partial charge in [0.25, 0.3) is 0 Å². The minimum atomic E-state index is -1.09. The van der Waals surface area contributed by atoms with Crippen LogP contribution in [0.25, 0.3) is 11.3 Å². The van der Waals surface area contributed by atoms with E-state index in [1.165, 1.54) is 14.0 Å². The molecule has 0 aliphatic heterocycles. The van der Waals surface area contributed by atoms with Gasteiger partial charge in [-0.3, -0.25) is 0 Å². The number of hydrogen-bond donors (Lipinski definition) is 0. The lowest BCUT2D eigenvalue weighted by Crippen LogP contribution is -2.31. The Balaban J connectivity index is 3.03. The van der Waals surface area contributed by atoms with Gasteiger partial charge in [-0.25, -0.2) is 0 Å². The maximum absolute atomic E-state index is 14.4. The second kappa shape index (κ2) is 3.81. The monoisotopic (exact) mass is 209 g/mol. The van der Waals surface area contributed by atoms with Crippen molar-refractivity contribution in [2.45, 2.75) is 6.92 Å². The molecule has 0 fully saturated rings. The molecule has 0 saturated carbocycles. The van der Waals surface area contributed by atoms with Gasteiger partial charge in [0.1, 0.15) is 8.42 Å². The number of aromatic nitrogens is 1. The summed E-state index contributed by atoms with van der Waals surface area (Å²) in [6.07, 6.45) is -0.409. The van der Waals surface area contributed by atoms with Crippen molar-refractivity contribution in [3.8, 4) is 11.3 Å². The number of pyridine rings is 1. The predicted molar refractivity (Wildman–Crippen MR) is 57.7 cm³/mol. The Morgan fingerprint density at radius 3 is 2.73 bits per heavy atom. The molecule has 1 aromatic carbocycles. The van der Waals surface area contributed by atoms with Crippen LogP contribution in [0.3, 0.4) is 0 Å². The summed E-state index contributed by atoms with van der Waals surface area (Å²) in [5.41, 5.74) is -0.277. The highest BCUT2D eigenvalue weighted by Crippen LogP contribution is 2.21. The van der Waals surface area contributed by atoms with Gasteiger partial charge in [0, 0.05) is 6.04 Å². The Labute approximate surface area is 98.6 Å². The molecular formula is C13H13FN+. The third-order valence-corrected chi connectivity index (χ3v) is 2.05. The number of rotatable bonds is 1. The molecule has 2 heteroatoms. The fraction of sp³-hybridized carbons (Fsp3) is 0.154. The summed E-state index contributed by atoms with van der Waals surface area (Å²) in [7, 11) is 1.32. The van der Waals surface area contributed by atoms with Crippen molar-refractivity contribution in [1.82, 2.24) is 0 Å². The van der Waals surface area contributed by atoms with Crippen molar-refractivity contribution in [3.05, 3.63) is 53.8 Å². The van der Waals surface area contributed by atoms with E-state index in [2.05, 4.69) is 0 Å². The topological polar surface area (TPSA) is 3.88 Å². The maximum Gasteiger partial charge on any atom is 0.248 e. The highest BCUT2D eigenvalue weighted by molar-refractivity contribution is 5.61. The van der Waals surface area contributed by atoms with Crippen LogP contribution in [0.15, 0.2) is 42.4 Å². The van der Waals surface area contributed by atoms with Crippen LogP contribution in [0.2, 0.25) is 0 Å². The summed E-state index contributed by atoms with van der Waals surface area (Å²) in [5.74, 6) is -1.09. The molecule has 1 nitrogen and oxygen atoms in total. The Hall–Kier alpha value is -1.70. The summed E-state index contributed by atoms with van der Waals surface area (Å²) in [5, 5.41) is 0. The molecule has 0 unspecified atom stereocenters. The van der Waals surface area contributed by atoms with Gasteiger partial charge in [-0.2, -0.15) is 8.96 Å². The van der Waals surface area contributed by atoms with E-state index in [0.717, 1.165) is 4.57 Å². The van der Waals surface area contributed by atoms with Crippen molar-refractivity contribution in [3.63, 3.8) is 0 Å². The SMILES string of the molecule is [2H]c1c([2H])c([2H])c(-c2c(F)c([2H])c([2H])c([2H])[n+]2C)c(C)c1[2H]. The van der Waals surface area contributed by atoms with Gasteiger partial charge in [0.05, 0.1) is 13.8 Å². The third kappa shape index (κ3) is 1.75. The largest absolute Gasteiger partial charge is 0.248 e. The van der Waals surface area contributed by atoms with Crippen LogP contribution in [0, 0.1) is 12.7 Å². The van der Waals surface area contributed by atoms with E-state index < -0.39 is 42.2 Å². The zero-order chi connectivity index (χ0) is 16.9. The highest BCUT2D eigenvalue weighted by Gasteiger charge is 2.16. The first-order chi connectivity index (χ1) is 10.1. The Morgan fingerprint density at radius 2 is 1.93 bits per heavy atom. The van der Waals surface area contributed by atoms with Crippen LogP contribution in [0.4, 0.5) is 4.39 Å². The van der Waals surface area contributed by atoms with E-state index in [4.69, 9.17) is 9.60 Å². The van der Waals surface area contributed by atoms with Crippen LogP contribution < -0.4 is 4.57 Å². The fourth-order valence-corrected chi connectivity index (χ4v) is 1.32. The van der Waals surface area contributed by atoms with E-state index >= 15 is 0 Å². The Morgan fingerprint density at radius 1 is 1.20 bits per heavy atom. The van der Waals surface area contributed by atoms with Crippen molar-refractivity contribution >= 4 is 0 Å². The summed E-state index contributed by atoms with van der Waals surface area (Å²) in [6, 6.07) is -3.04. The second-order valence-corrected chi connectivity index (χ2v) is 3.08. The molecule has 0 saturated heterocycles. The normalized spacial score (nSPS) is 16.9. The van der Waals surface area contributed by atoms with Crippen LogP contribution in [-0.4, -0.2) is 0 Å². The average molecular weight is 209 g/mol. The van der Waals surface area contributed by atoms with Crippen molar-refractivity contribution in [2.24, 2.45) is 7.05 Å². The van der Waals surface area contributed by atoms with E-state index in [1.807, 2.05) is 0 Å². The lowest BCUT2D eigenvalue weighted by Gasteiger charge is -2.04. The summed E-state index contributed by atoms with van der Waals surface area (Å²) >= 11 is 0. The summed E-state index contributed by atoms with van der Waals surface area (Å²) in [4.78, 5) is 0. The lowest BCUT2D eigenvalue weighted by molar-refractivity contribution is -0.661. The molecule has 15 heavy (non-hydrogen) atoms. The summed E-state index contributed by atoms with van der Waals surface area (Å²) < 4.78 is 69.4. The molecule has 0 atom stereocenters. The van der Waals surface area contributed by atoms with E-state index in [-0.39, 0.29) is 22.9 Å². The predicted octanol–water partition coefficient (Wildman–Crippen LogP) is 2.63. The van der Waals surface area contributed by atoms with Crippen LogP contribution >= 0.6 is 0 Å². The molecule has 1 heterocycles. The molecule has 0 spiro atoms. The Bertz CT molecular complexity index is 678. The van der Waals surface area contributed by atoms with Gasteiger partial charge in [0.2, 0.25) is 5.69 Å². The standard InChI is InChI=1S/C13H13FN/c1-10-6-3-4-7-11(10)13-12(14)8-5-9-15(13)2/h3-9H,1-2H3/q+1/i3D,4D,5D,6D,7D,8D,9D. The van der Waals surface area contributed by atoms with Gasteiger partial charge in [-0.1, -0.05) is 18.1 Å². The number of halogens is 1. The molecule has 0 radical (unpaired) electrons. The molecule has 0 bridgehead atoms. The van der Waals surface area contributed by atoms with E-state index in [9.17, 15) is 4.39 Å². The first-order valence-corrected chi connectivity index (χ1v) is 4.33. The lowest BCUT2D eigenvalue weighted by atomic mass is 10.0. The minimum absolute atomic E-state index is 0.104. The molecule has 2 aromatic rings. The highest BCUT2D eigenvalue weighted by atomic mass is 19.1. The number of hydrogen-bond acceptors (Lipinski definition) is 0. The first-order valence-electron chi connectivity index (χ1n) is 7.83. The van der Waals surface area contributed by atoms with E-state index in [0.29, 0.717) is 0 Å². The molecule has 0 N–H and O–H groups in total. The molecular weight excluding hydrogens is 189 g/mol. The van der Waals surface area contributed by atoms with Gasteiger partial charge >= 0.3 is 0 Å². The van der Waals surface area contributed by atoms with Crippen LogP contribution in [0.5, 0.6) is 0 Å². The van der Waals surface area contributed by atoms with Crippen molar-refractivity contribution in [1.29, 1.82) is 0 Å². The second-order valence-electron chi connectivity index (χ2n) is 3.08. The van der Waals surface area contributed by atoms with Crippen molar-refractivity contribution in [2.75, 3.05) is 0 Å². The third-order valence-electron chi connectivity index (χ3n) is 2.05.